The summed E-state index contributed by atoms with van der Waals surface area (Å²) in [5.41, 5.74) is 1.18. The molecular weight excluding hydrogens is 428 g/mol. The maximum atomic E-state index is 14.5. The van der Waals surface area contributed by atoms with Gasteiger partial charge in [0.2, 0.25) is 0 Å². The minimum atomic E-state index is -0.957. The predicted octanol–water partition coefficient (Wildman–Crippen LogP) is 4.27. The smallest absolute Gasteiger partial charge is 0.259 e. The van der Waals surface area contributed by atoms with Gasteiger partial charge in [0.05, 0.1) is 23.3 Å². The van der Waals surface area contributed by atoms with E-state index in [0.29, 0.717) is 29.5 Å². The fourth-order valence-electron chi connectivity index (χ4n) is 3.83. The summed E-state index contributed by atoms with van der Waals surface area (Å²) in [4.78, 5) is 21.6. The van der Waals surface area contributed by atoms with Crippen molar-refractivity contribution in [2.75, 3.05) is 5.32 Å². The zero-order chi connectivity index (χ0) is 22.5. The average Bonchev–Trinajstić information content (AvgIpc) is 3.74. The number of benzene rings is 1. The second kappa shape index (κ2) is 7.58. The van der Waals surface area contributed by atoms with Gasteiger partial charge in [0.15, 0.2) is 5.82 Å². The van der Waals surface area contributed by atoms with Gasteiger partial charge in [0.1, 0.15) is 29.5 Å². The second-order valence-electron chi connectivity index (χ2n) is 8.42. The van der Waals surface area contributed by atoms with E-state index >= 15 is 0 Å². The highest BCUT2D eigenvalue weighted by Crippen LogP contribution is 2.39. The fraction of sp³-hybridized carbons (Fsp3) is 0.261. The van der Waals surface area contributed by atoms with E-state index in [9.17, 15) is 13.6 Å². The third-order valence-electron chi connectivity index (χ3n) is 5.89. The van der Waals surface area contributed by atoms with Crippen molar-refractivity contribution in [3.8, 4) is 17.2 Å². The average molecular weight is 447 g/mol. The van der Waals surface area contributed by atoms with Crippen LogP contribution in [-0.4, -0.2) is 35.2 Å². The predicted molar refractivity (Wildman–Crippen MR) is 115 cm³/mol. The molecule has 2 saturated carbocycles. The Hall–Kier alpha value is -3.95. The summed E-state index contributed by atoms with van der Waals surface area (Å²) < 4.78 is 32.5. The van der Waals surface area contributed by atoms with E-state index < -0.39 is 17.5 Å². The molecule has 0 unspecified atom stereocenters. The lowest BCUT2D eigenvalue weighted by atomic mass is 10.1. The highest BCUT2D eigenvalue weighted by atomic mass is 19.1. The van der Waals surface area contributed by atoms with Crippen molar-refractivity contribution in [2.24, 2.45) is 0 Å². The number of hydrogen-bond acceptors (Lipinski definition) is 5. The zero-order valence-corrected chi connectivity index (χ0v) is 17.4. The Kier molecular flexibility index (Phi) is 4.53. The first kappa shape index (κ1) is 19.7. The molecule has 2 fully saturated rings. The molecule has 0 bridgehead atoms. The molecule has 1 N–H and O–H groups in total. The molecule has 2 aliphatic rings. The number of anilines is 1. The molecule has 0 aliphatic heterocycles. The number of aromatic nitrogens is 6. The molecule has 0 saturated heterocycles. The molecule has 0 radical (unpaired) electrons. The zero-order valence-electron chi connectivity index (χ0n) is 17.4. The maximum absolute atomic E-state index is 14.5. The first-order valence-corrected chi connectivity index (χ1v) is 10.8. The van der Waals surface area contributed by atoms with E-state index in [1.807, 2.05) is 4.57 Å². The molecule has 1 aromatic carbocycles. The minimum absolute atomic E-state index is 0.0557. The van der Waals surface area contributed by atoms with E-state index in [-0.39, 0.29) is 17.1 Å². The Balaban J connectivity index is 1.28. The van der Waals surface area contributed by atoms with E-state index in [1.54, 1.807) is 30.7 Å². The van der Waals surface area contributed by atoms with E-state index in [0.717, 1.165) is 31.4 Å². The molecular formula is C23H19F2N7O. The molecule has 4 aromatic rings. The number of nitrogens with zero attached hydrogens (tertiary/aromatic N) is 6. The molecule has 0 spiro atoms. The van der Waals surface area contributed by atoms with Crippen LogP contribution in [0.25, 0.3) is 17.2 Å². The number of halogens is 2. The summed E-state index contributed by atoms with van der Waals surface area (Å²) in [6, 6.07) is 7.35. The molecule has 8 nitrogen and oxygen atoms in total. The number of hydrogen-bond donors (Lipinski definition) is 1. The van der Waals surface area contributed by atoms with Crippen LogP contribution in [0.2, 0.25) is 0 Å². The van der Waals surface area contributed by atoms with Crippen LogP contribution in [0.4, 0.5) is 14.6 Å². The minimum Gasteiger partial charge on any atom is -0.309 e. The Morgan fingerprint density at radius 1 is 1.06 bits per heavy atom. The Labute approximate surface area is 187 Å². The summed E-state index contributed by atoms with van der Waals surface area (Å²) in [7, 11) is 0. The molecule has 0 atom stereocenters. The van der Waals surface area contributed by atoms with Gasteiger partial charge in [-0.3, -0.25) is 4.79 Å². The van der Waals surface area contributed by atoms with Crippen LogP contribution in [0.3, 0.4) is 0 Å². The molecule has 33 heavy (non-hydrogen) atoms. The number of rotatable bonds is 6. The van der Waals surface area contributed by atoms with Gasteiger partial charge in [-0.25, -0.2) is 18.7 Å². The first-order valence-electron chi connectivity index (χ1n) is 10.8. The van der Waals surface area contributed by atoms with Crippen LogP contribution >= 0.6 is 0 Å². The van der Waals surface area contributed by atoms with Gasteiger partial charge in [0.25, 0.3) is 5.91 Å². The summed E-state index contributed by atoms with van der Waals surface area (Å²) in [6.45, 7) is 0. The van der Waals surface area contributed by atoms with Gasteiger partial charge >= 0.3 is 0 Å². The molecule has 2 aliphatic carbocycles. The van der Waals surface area contributed by atoms with Gasteiger partial charge in [-0.2, -0.15) is 0 Å². The van der Waals surface area contributed by atoms with Gasteiger partial charge in [-0.15, -0.1) is 10.2 Å². The van der Waals surface area contributed by atoms with Gasteiger partial charge in [-0.05, 0) is 43.9 Å². The monoisotopic (exact) mass is 447 g/mol. The van der Waals surface area contributed by atoms with Crippen molar-refractivity contribution >= 4 is 11.7 Å². The normalized spacial score (nSPS) is 15.6. The van der Waals surface area contributed by atoms with Crippen LogP contribution < -0.4 is 5.32 Å². The highest BCUT2D eigenvalue weighted by molar-refractivity contribution is 6.04. The SMILES string of the molecule is O=C(Nc1cccc(-c2nncn2C2CC2)n1)c1cc(-n2cnc(C3CC3)c2)c(F)cc1F. The molecule has 6 rings (SSSR count). The fourth-order valence-corrected chi connectivity index (χ4v) is 3.83. The topological polar surface area (TPSA) is 90.5 Å². The molecule has 3 aromatic heterocycles. The van der Waals surface area contributed by atoms with E-state index in [1.165, 1.54) is 17.0 Å². The molecule has 1 amide bonds. The number of imidazole rings is 1. The number of carbonyl (C=O) groups excluding carboxylic acids is 1. The standard InChI is InChI=1S/C23H19F2N7O/c24-16-9-17(25)20(31-10-19(26-11-31)13-4-5-13)8-15(16)23(33)29-21-3-1-2-18(28-21)22-30-27-12-32(22)14-6-7-14/h1-3,8-14H,4-7H2,(H,28,29,33). The van der Waals surface area contributed by atoms with Crippen molar-refractivity contribution in [3.63, 3.8) is 0 Å². The van der Waals surface area contributed by atoms with Crippen molar-refractivity contribution in [1.29, 1.82) is 0 Å². The van der Waals surface area contributed by atoms with Crippen LogP contribution in [0, 0.1) is 11.6 Å². The van der Waals surface area contributed by atoms with Crippen LogP contribution in [0.5, 0.6) is 0 Å². The quantitative estimate of drug-likeness (QED) is 0.477. The third kappa shape index (κ3) is 3.77. The number of pyridine rings is 1. The lowest BCUT2D eigenvalue weighted by Crippen LogP contribution is -2.16. The lowest BCUT2D eigenvalue weighted by molar-refractivity contribution is 0.102. The number of nitrogens with one attached hydrogen (secondary N) is 1. The Bertz CT molecular complexity index is 1370. The Morgan fingerprint density at radius 2 is 1.91 bits per heavy atom. The van der Waals surface area contributed by atoms with Crippen LogP contribution in [0.1, 0.15) is 53.7 Å². The first-order chi connectivity index (χ1) is 16.1. The second-order valence-corrected chi connectivity index (χ2v) is 8.42. The molecule has 166 valence electrons. The van der Waals surface area contributed by atoms with Crippen molar-refractivity contribution in [3.05, 3.63) is 72.1 Å². The van der Waals surface area contributed by atoms with Gasteiger partial charge in [-0.1, -0.05) is 6.07 Å². The van der Waals surface area contributed by atoms with Crippen LogP contribution in [-0.2, 0) is 0 Å². The molecule has 10 heteroatoms. The van der Waals surface area contributed by atoms with Crippen molar-refractivity contribution in [1.82, 2.24) is 29.3 Å². The van der Waals surface area contributed by atoms with Crippen LogP contribution in [0.15, 0.2) is 49.2 Å². The summed E-state index contributed by atoms with van der Waals surface area (Å²) in [5.74, 6) is -1.24. The summed E-state index contributed by atoms with van der Waals surface area (Å²) in [5, 5.41) is 10.7. The number of amides is 1. The van der Waals surface area contributed by atoms with Crippen molar-refractivity contribution < 1.29 is 13.6 Å². The largest absolute Gasteiger partial charge is 0.309 e. The van der Waals surface area contributed by atoms with Crippen molar-refractivity contribution in [2.45, 2.75) is 37.6 Å². The van der Waals surface area contributed by atoms with E-state index in [2.05, 4.69) is 25.5 Å². The molecule has 3 heterocycles. The Morgan fingerprint density at radius 3 is 2.70 bits per heavy atom. The van der Waals surface area contributed by atoms with Gasteiger partial charge < -0.3 is 14.5 Å². The third-order valence-corrected chi connectivity index (χ3v) is 5.89. The highest BCUT2D eigenvalue weighted by Gasteiger charge is 2.28. The number of carbonyl (C=O) groups is 1. The maximum Gasteiger partial charge on any atom is 0.259 e. The van der Waals surface area contributed by atoms with E-state index in [4.69, 9.17) is 0 Å². The summed E-state index contributed by atoms with van der Waals surface area (Å²) >= 11 is 0. The summed E-state index contributed by atoms with van der Waals surface area (Å²) in [6.07, 6.45) is 9.10. The van der Waals surface area contributed by atoms with Gasteiger partial charge in [0, 0.05) is 24.2 Å². The lowest BCUT2D eigenvalue weighted by Gasteiger charge is -2.10.